The molecule has 9 nitrogen and oxygen atoms in total. The molecule has 0 spiro atoms. The Balaban J connectivity index is 5.21. The largest absolute Gasteiger partial charge is 0.472 e. The fourth-order valence-electron chi connectivity index (χ4n) is 9.00. The van der Waals surface area contributed by atoms with Crippen LogP contribution in [-0.4, -0.2) is 74.3 Å². The summed E-state index contributed by atoms with van der Waals surface area (Å²) in [5.74, 6) is -0.526. The summed E-state index contributed by atoms with van der Waals surface area (Å²) < 4.78 is 30.7. The van der Waals surface area contributed by atoms with Crippen molar-refractivity contribution in [2.45, 2.75) is 303 Å². The van der Waals surface area contributed by atoms with Crippen LogP contribution in [0.3, 0.4) is 0 Å². The molecule has 0 bridgehead atoms. The predicted octanol–water partition coefficient (Wildman–Crippen LogP) is 19.4. The van der Waals surface area contributed by atoms with Gasteiger partial charge in [-0.15, -0.1) is 0 Å². The van der Waals surface area contributed by atoms with Gasteiger partial charge in [0.05, 0.1) is 33.8 Å². The van der Waals surface area contributed by atoms with Crippen molar-refractivity contribution in [3.8, 4) is 0 Å². The Bertz CT molecular complexity index is 1470. The lowest BCUT2D eigenvalue weighted by atomic mass is 10.0. The van der Waals surface area contributed by atoms with Gasteiger partial charge in [0.1, 0.15) is 19.3 Å². The number of unbranched alkanes of at least 4 members (excludes halogenated alkanes) is 33. The van der Waals surface area contributed by atoms with E-state index in [1.165, 1.54) is 173 Å². The number of carbonyl (C=O) groups is 2. The number of hydrogen-bond acceptors (Lipinski definition) is 6. The SMILES string of the molecule is CCCCC/C=C\C/C=C\C/C=C\CCCCCCC(=O)OC(/C=C\CCCCCCCCCCC)C(COP(=O)(O)OCC[N+](C)(C)C)NC(=O)CCCCCCCCCCCCC/C=C/CCCCCCCC. The quantitative estimate of drug-likeness (QED) is 0.0205. The third-order valence-corrected chi connectivity index (χ3v) is 14.9. The number of esters is 1. The van der Waals surface area contributed by atoms with E-state index in [4.69, 9.17) is 13.8 Å². The minimum Gasteiger partial charge on any atom is -0.456 e. The minimum atomic E-state index is -4.45. The maximum absolute atomic E-state index is 13.5. The highest BCUT2D eigenvalue weighted by Crippen LogP contribution is 2.43. The molecule has 10 heteroatoms. The van der Waals surface area contributed by atoms with Crippen LogP contribution in [0.1, 0.15) is 290 Å². The number of quaternary nitrogens is 1. The molecular weight excluding hydrogens is 952 g/mol. The molecule has 2 N–H and O–H groups in total. The number of ether oxygens (including phenoxy) is 1. The van der Waals surface area contributed by atoms with Crippen molar-refractivity contribution in [3.63, 3.8) is 0 Å². The second-order valence-corrected chi connectivity index (χ2v) is 24.0. The van der Waals surface area contributed by atoms with Gasteiger partial charge >= 0.3 is 13.8 Å². The molecule has 0 aromatic carbocycles. The van der Waals surface area contributed by atoms with Gasteiger partial charge in [0.25, 0.3) is 0 Å². The first kappa shape index (κ1) is 72.7. The Kier molecular flexibility index (Phi) is 53.4. The first-order valence-electron chi connectivity index (χ1n) is 31.6. The lowest BCUT2D eigenvalue weighted by molar-refractivity contribution is -0.870. The molecule has 0 aliphatic carbocycles. The first-order chi connectivity index (χ1) is 36.4. The van der Waals surface area contributed by atoms with Gasteiger partial charge in [0, 0.05) is 12.8 Å². The molecule has 0 aliphatic rings. The van der Waals surface area contributed by atoms with Crippen molar-refractivity contribution < 1.29 is 37.3 Å². The molecule has 1 amide bonds. The fourth-order valence-corrected chi connectivity index (χ4v) is 9.74. The van der Waals surface area contributed by atoms with Gasteiger partial charge in [0.15, 0.2) is 0 Å². The van der Waals surface area contributed by atoms with Crippen LogP contribution in [-0.2, 0) is 27.9 Å². The van der Waals surface area contributed by atoms with Crippen LogP contribution >= 0.6 is 7.82 Å². The molecule has 0 saturated carbocycles. The van der Waals surface area contributed by atoms with Crippen LogP contribution in [0.2, 0.25) is 0 Å². The summed E-state index contributed by atoms with van der Waals surface area (Å²) in [4.78, 5) is 37.7. The van der Waals surface area contributed by atoms with Crippen molar-refractivity contribution in [2.24, 2.45) is 0 Å². The number of carbonyl (C=O) groups excluding carboxylic acids is 2. The second kappa shape index (κ2) is 55.0. The van der Waals surface area contributed by atoms with E-state index in [0.717, 1.165) is 77.0 Å². The summed E-state index contributed by atoms with van der Waals surface area (Å²) in [6, 6.07) is -0.858. The van der Waals surface area contributed by atoms with Gasteiger partial charge in [-0.25, -0.2) is 4.57 Å². The normalized spacial score (nSPS) is 14.1. The van der Waals surface area contributed by atoms with Crippen molar-refractivity contribution in [1.29, 1.82) is 0 Å². The lowest BCUT2D eigenvalue weighted by Crippen LogP contribution is -2.47. The molecule has 75 heavy (non-hydrogen) atoms. The van der Waals surface area contributed by atoms with E-state index >= 15 is 0 Å². The molecule has 3 atom stereocenters. The molecule has 0 radical (unpaired) electrons. The molecular formula is C65H122N2O7P+. The topological polar surface area (TPSA) is 111 Å². The third kappa shape index (κ3) is 56.2. The second-order valence-electron chi connectivity index (χ2n) is 22.6. The van der Waals surface area contributed by atoms with Gasteiger partial charge in [0.2, 0.25) is 5.91 Å². The maximum atomic E-state index is 13.5. The summed E-state index contributed by atoms with van der Waals surface area (Å²) in [7, 11) is 1.48. The van der Waals surface area contributed by atoms with E-state index in [1.807, 2.05) is 33.3 Å². The number of amides is 1. The molecule has 0 rings (SSSR count). The van der Waals surface area contributed by atoms with Gasteiger partial charge < -0.3 is 19.4 Å². The molecule has 0 aromatic rings. The molecule has 3 unspecified atom stereocenters. The third-order valence-electron chi connectivity index (χ3n) is 13.9. The Hall–Kier alpha value is -2.29. The molecule has 0 aliphatic heterocycles. The maximum Gasteiger partial charge on any atom is 0.472 e. The predicted molar refractivity (Wildman–Crippen MR) is 323 cm³/mol. The highest BCUT2D eigenvalue weighted by Gasteiger charge is 2.30. The average Bonchev–Trinajstić information content (AvgIpc) is 3.37. The Morgan fingerprint density at radius 3 is 1.25 bits per heavy atom. The molecule has 438 valence electrons. The highest BCUT2D eigenvalue weighted by atomic mass is 31.2. The summed E-state index contributed by atoms with van der Waals surface area (Å²) in [5.41, 5.74) is 0. The smallest absolute Gasteiger partial charge is 0.456 e. The molecule has 0 aromatic heterocycles. The summed E-state index contributed by atoms with van der Waals surface area (Å²) in [6.45, 7) is 6.98. The van der Waals surface area contributed by atoms with Gasteiger partial charge in [-0.1, -0.05) is 242 Å². The van der Waals surface area contributed by atoms with E-state index in [1.54, 1.807) is 0 Å². The van der Waals surface area contributed by atoms with Crippen LogP contribution in [0.5, 0.6) is 0 Å². The van der Waals surface area contributed by atoms with Crippen molar-refractivity contribution >= 4 is 19.7 Å². The average molecular weight is 1070 g/mol. The van der Waals surface area contributed by atoms with E-state index in [2.05, 4.69) is 74.7 Å². The summed E-state index contributed by atoms with van der Waals surface area (Å²) in [6.07, 6.45) is 69.3. The molecule has 0 saturated heterocycles. The number of phosphoric acid groups is 1. The van der Waals surface area contributed by atoms with E-state index < -0.39 is 20.0 Å². The van der Waals surface area contributed by atoms with Crippen molar-refractivity contribution in [2.75, 3.05) is 40.9 Å². The first-order valence-corrected chi connectivity index (χ1v) is 33.1. The highest BCUT2D eigenvalue weighted by molar-refractivity contribution is 7.47. The van der Waals surface area contributed by atoms with E-state index in [9.17, 15) is 19.0 Å². The summed E-state index contributed by atoms with van der Waals surface area (Å²) >= 11 is 0. The number of hydrogen-bond donors (Lipinski definition) is 2. The number of rotatable bonds is 57. The molecule has 0 fully saturated rings. The van der Waals surface area contributed by atoms with Crippen LogP contribution < -0.4 is 5.32 Å². The Morgan fingerprint density at radius 2 is 0.813 bits per heavy atom. The van der Waals surface area contributed by atoms with Crippen LogP contribution in [0, 0.1) is 0 Å². The Morgan fingerprint density at radius 1 is 0.467 bits per heavy atom. The van der Waals surface area contributed by atoms with Crippen LogP contribution in [0.15, 0.2) is 60.8 Å². The van der Waals surface area contributed by atoms with Crippen molar-refractivity contribution in [3.05, 3.63) is 60.8 Å². The van der Waals surface area contributed by atoms with Crippen LogP contribution in [0.25, 0.3) is 0 Å². The lowest BCUT2D eigenvalue weighted by Gasteiger charge is -2.27. The monoisotopic (exact) mass is 1070 g/mol. The number of allylic oxidation sites excluding steroid dienone is 9. The van der Waals surface area contributed by atoms with E-state index in [-0.39, 0.29) is 31.5 Å². The zero-order chi connectivity index (χ0) is 55.0. The van der Waals surface area contributed by atoms with Gasteiger partial charge in [-0.3, -0.25) is 18.6 Å². The molecule has 0 heterocycles. The number of likely N-dealkylation sites (N-methyl/N-ethyl adjacent to an activating group) is 1. The minimum absolute atomic E-state index is 0.0356. The number of nitrogens with zero attached hydrogens (tertiary/aromatic N) is 1. The van der Waals surface area contributed by atoms with Gasteiger partial charge in [-0.05, 0) is 96.0 Å². The van der Waals surface area contributed by atoms with Crippen molar-refractivity contribution in [1.82, 2.24) is 5.32 Å². The fraction of sp³-hybridized carbons (Fsp3) is 0.815. The standard InChI is InChI=1S/C65H121N2O7P/c1-7-10-13-16-19-22-25-27-29-31-32-33-34-36-37-39-42-45-48-51-54-57-64(68)66-62(61-73-75(70,71)72-60-59-67(4,5)6)63(56-53-50-47-44-41-24-21-18-15-12-9-3)74-65(69)58-55-52-49-46-43-40-38-35-30-28-26-23-20-17-14-11-8-2/h20,23,27-30,38,40,53,56,62-63H,7-19,21-22,24-26,31-37,39,41-52,54-55,57-61H2,1-6H3,(H-,66,68,70,71)/p+1/b23-20-,29-27+,30-28-,40-38-,56-53-. The Labute approximate surface area is 464 Å². The van der Waals surface area contributed by atoms with E-state index in [0.29, 0.717) is 23.9 Å². The zero-order valence-electron chi connectivity index (χ0n) is 50.0. The van der Waals surface area contributed by atoms with Crippen LogP contribution in [0.4, 0.5) is 0 Å². The summed E-state index contributed by atoms with van der Waals surface area (Å²) in [5, 5.41) is 3.05. The number of nitrogens with one attached hydrogen (secondary N) is 1. The number of phosphoric ester groups is 1. The zero-order valence-corrected chi connectivity index (χ0v) is 50.9. The van der Waals surface area contributed by atoms with Gasteiger partial charge in [-0.2, -0.15) is 0 Å².